The zero-order valence-corrected chi connectivity index (χ0v) is 11.2. The molecular weight excluding hydrogens is 273 g/mol. The first-order valence-corrected chi connectivity index (χ1v) is 5.90. The minimum absolute atomic E-state index is 0.754. The number of aryl methyl sites for hydroxylation is 3. The lowest BCUT2D eigenvalue weighted by atomic mass is 10.1. The van der Waals surface area contributed by atoms with E-state index in [9.17, 15) is 0 Å². The van der Waals surface area contributed by atoms with Gasteiger partial charge in [0.25, 0.3) is 0 Å². The molecule has 0 bridgehead atoms. The van der Waals surface area contributed by atoms with Crippen LogP contribution in [-0.4, -0.2) is 4.98 Å². The predicted octanol–water partition coefficient (Wildman–Crippen LogP) is 4.58. The van der Waals surface area contributed by atoms with Gasteiger partial charge in [-0.05, 0) is 48.3 Å². The highest BCUT2D eigenvalue weighted by Gasteiger charge is 2.10. The first-order chi connectivity index (χ1) is 7.00. The Morgan fingerprint density at radius 3 is 2.53 bits per heavy atom. The van der Waals surface area contributed by atoms with E-state index in [0.29, 0.717) is 0 Å². The van der Waals surface area contributed by atoms with Crippen LogP contribution >= 0.6 is 27.5 Å². The van der Waals surface area contributed by atoms with Crippen LogP contribution in [0, 0.1) is 20.8 Å². The van der Waals surface area contributed by atoms with Gasteiger partial charge >= 0.3 is 0 Å². The molecule has 0 atom stereocenters. The number of nitrogens with zero attached hydrogens (tertiary/aromatic N) is 1. The molecule has 1 aromatic carbocycles. The Balaban J connectivity index is 2.98. The molecule has 0 aliphatic heterocycles. The molecule has 15 heavy (non-hydrogen) atoms. The van der Waals surface area contributed by atoms with Gasteiger partial charge < -0.3 is 0 Å². The van der Waals surface area contributed by atoms with Crippen LogP contribution in [0.25, 0.3) is 10.9 Å². The molecule has 0 radical (unpaired) electrons. The van der Waals surface area contributed by atoms with E-state index in [1.54, 1.807) is 0 Å². The van der Waals surface area contributed by atoms with Gasteiger partial charge in [0.1, 0.15) is 0 Å². The maximum Gasteiger partial charge on any atom is 0.0750 e. The fourth-order valence-electron chi connectivity index (χ4n) is 1.77. The van der Waals surface area contributed by atoms with Crippen LogP contribution in [0.4, 0.5) is 0 Å². The topological polar surface area (TPSA) is 12.9 Å². The largest absolute Gasteiger partial charge is 0.252 e. The Bertz CT molecular complexity index is 549. The van der Waals surface area contributed by atoms with Gasteiger partial charge in [-0.25, -0.2) is 0 Å². The molecule has 1 aromatic heterocycles. The van der Waals surface area contributed by atoms with Crippen molar-refractivity contribution in [3.05, 3.63) is 38.4 Å². The summed E-state index contributed by atoms with van der Waals surface area (Å²) in [6.45, 7) is 6.08. The second kappa shape index (κ2) is 3.76. The van der Waals surface area contributed by atoms with E-state index in [1.807, 2.05) is 6.92 Å². The number of benzene rings is 1. The highest BCUT2D eigenvalue weighted by molar-refractivity contribution is 9.10. The lowest BCUT2D eigenvalue weighted by molar-refractivity contribution is 1.22. The van der Waals surface area contributed by atoms with Gasteiger partial charge in [-0.15, -0.1) is 0 Å². The maximum absolute atomic E-state index is 6.29. The van der Waals surface area contributed by atoms with Crippen LogP contribution in [0.1, 0.15) is 16.8 Å². The SMILES string of the molecule is Cc1cc(C)c2nc(C)c(Br)c(Cl)c2c1. The third kappa shape index (κ3) is 1.77. The molecule has 0 aliphatic rings. The van der Waals surface area contributed by atoms with Crippen molar-refractivity contribution in [3.8, 4) is 0 Å². The van der Waals surface area contributed by atoms with Gasteiger partial charge in [0.2, 0.25) is 0 Å². The lowest BCUT2D eigenvalue weighted by Crippen LogP contribution is -1.91. The molecule has 1 heterocycles. The van der Waals surface area contributed by atoms with Crippen LogP contribution in [0.5, 0.6) is 0 Å². The van der Waals surface area contributed by atoms with Crippen molar-refractivity contribution in [1.82, 2.24) is 4.98 Å². The minimum Gasteiger partial charge on any atom is -0.252 e. The van der Waals surface area contributed by atoms with Crippen molar-refractivity contribution >= 4 is 38.4 Å². The fraction of sp³-hybridized carbons (Fsp3) is 0.250. The van der Waals surface area contributed by atoms with E-state index >= 15 is 0 Å². The Labute approximate surface area is 103 Å². The highest BCUT2D eigenvalue weighted by Crippen LogP contribution is 2.33. The van der Waals surface area contributed by atoms with Crippen molar-refractivity contribution < 1.29 is 0 Å². The number of aromatic nitrogens is 1. The van der Waals surface area contributed by atoms with Crippen LogP contribution < -0.4 is 0 Å². The summed E-state index contributed by atoms with van der Waals surface area (Å²) in [4.78, 5) is 4.55. The molecule has 0 N–H and O–H groups in total. The Hall–Kier alpha value is -0.600. The van der Waals surface area contributed by atoms with Gasteiger partial charge in [-0.1, -0.05) is 23.2 Å². The van der Waals surface area contributed by atoms with Crippen molar-refractivity contribution in [2.75, 3.05) is 0 Å². The van der Waals surface area contributed by atoms with Crippen LogP contribution in [0.2, 0.25) is 5.02 Å². The zero-order valence-electron chi connectivity index (χ0n) is 8.86. The summed E-state index contributed by atoms with van der Waals surface area (Å²) in [6.07, 6.45) is 0. The van der Waals surface area contributed by atoms with Gasteiger partial charge in [0.05, 0.1) is 20.7 Å². The third-order valence-corrected chi connectivity index (χ3v) is 4.06. The molecule has 0 saturated heterocycles. The van der Waals surface area contributed by atoms with Crippen LogP contribution in [0.15, 0.2) is 16.6 Å². The summed E-state index contributed by atoms with van der Waals surface area (Å²) >= 11 is 9.74. The smallest absolute Gasteiger partial charge is 0.0750 e. The van der Waals surface area contributed by atoms with Crippen molar-refractivity contribution in [1.29, 1.82) is 0 Å². The first kappa shape index (κ1) is 10.9. The van der Waals surface area contributed by atoms with E-state index in [1.165, 1.54) is 11.1 Å². The standard InChI is InChI=1S/C12H11BrClN/c1-6-4-7(2)12-9(5-6)11(14)10(13)8(3)15-12/h4-5H,1-3H3. The van der Waals surface area contributed by atoms with Crippen LogP contribution in [-0.2, 0) is 0 Å². The summed E-state index contributed by atoms with van der Waals surface area (Å²) in [5, 5.41) is 1.77. The summed E-state index contributed by atoms with van der Waals surface area (Å²) in [5.41, 5.74) is 4.30. The number of hydrogen-bond donors (Lipinski definition) is 0. The third-order valence-electron chi connectivity index (χ3n) is 2.47. The van der Waals surface area contributed by atoms with Crippen molar-refractivity contribution in [2.24, 2.45) is 0 Å². The van der Waals surface area contributed by atoms with Crippen molar-refractivity contribution in [3.63, 3.8) is 0 Å². The lowest BCUT2D eigenvalue weighted by Gasteiger charge is -2.09. The van der Waals surface area contributed by atoms with Gasteiger partial charge in [0.15, 0.2) is 0 Å². The Kier molecular flexibility index (Phi) is 2.73. The normalized spacial score (nSPS) is 11.0. The molecule has 2 aromatic rings. The molecule has 0 unspecified atom stereocenters. The van der Waals surface area contributed by atoms with E-state index in [2.05, 4.69) is 46.9 Å². The monoisotopic (exact) mass is 283 g/mol. The van der Waals surface area contributed by atoms with E-state index < -0.39 is 0 Å². The fourth-order valence-corrected chi connectivity index (χ4v) is 2.35. The van der Waals surface area contributed by atoms with E-state index in [4.69, 9.17) is 11.6 Å². The summed E-state index contributed by atoms with van der Waals surface area (Å²) in [6, 6.07) is 4.20. The molecule has 2 rings (SSSR count). The molecule has 0 saturated carbocycles. The number of fused-ring (bicyclic) bond motifs is 1. The van der Waals surface area contributed by atoms with Gasteiger partial charge in [0, 0.05) is 5.39 Å². The second-order valence-corrected chi connectivity index (χ2v) is 4.97. The molecule has 0 fully saturated rings. The minimum atomic E-state index is 0.754. The molecular formula is C12H11BrClN. The average molecular weight is 285 g/mol. The van der Waals surface area contributed by atoms with E-state index in [-0.39, 0.29) is 0 Å². The maximum atomic E-state index is 6.29. The van der Waals surface area contributed by atoms with E-state index in [0.717, 1.165) is 26.1 Å². The highest BCUT2D eigenvalue weighted by atomic mass is 79.9. The Morgan fingerprint density at radius 1 is 1.20 bits per heavy atom. The van der Waals surface area contributed by atoms with Gasteiger partial charge in [-0.2, -0.15) is 0 Å². The number of hydrogen-bond acceptors (Lipinski definition) is 1. The number of pyridine rings is 1. The summed E-state index contributed by atoms with van der Waals surface area (Å²) in [5.74, 6) is 0. The first-order valence-electron chi connectivity index (χ1n) is 4.73. The Morgan fingerprint density at radius 2 is 1.87 bits per heavy atom. The quantitative estimate of drug-likeness (QED) is 0.690. The summed E-state index contributed by atoms with van der Waals surface area (Å²) in [7, 11) is 0. The molecule has 78 valence electrons. The molecule has 0 spiro atoms. The molecule has 3 heteroatoms. The van der Waals surface area contributed by atoms with Crippen molar-refractivity contribution in [2.45, 2.75) is 20.8 Å². The molecule has 1 nitrogen and oxygen atoms in total. The molecule has 0 aliphatic carbocycles. The zero-order chi connectivity index (χ0) is 11.2. The number of rotatable bonds is 0. The van der Waals surface area contributed by atoms with Gasteiger partial charge in [-0.3, -0.25) is 4.98 Å². The predicted molar refractivity (Wildman–Crippen MR) is 68.7 cm³/mol. The molecule has 0 amide bonds. The average Bonchev–Trinajstić information content (AvgIpc) is 2.17. The second-order valence-electron chi connectivity index (χ2n) is 3.80. The van der Waals surface area contributed by atoms with Crippen LogP contribution in [0.3, 0.4) is 0 Å². The number of halogens is 2. The summed E-state index contributed by atoms with van der Waals surface area (Å²) < 4.78 is 0.890.